The van der Waals surface area contributed by atoms with Crippen LogP contribution in [0.4, 0.5) is 0 Å². The molecule has 16 heavy (non-hydrogen) atoms. The van der Waals surface area contributed by atoms with Gasteiger partial charge in [-0.05, 0) is 17.7 Å². The first-order valence-electron chi connectivity index (χ1n) is 5.05. The molecule has 3 N–H and O–H groups in total. The molecular formula is C11H13ClN2O2. The quantitative estimate of drug-likeness (QED) is 0.814. The van der Waals surface area contributed by atoms with E-state index in [4.69, 9.17) is 22.4 Å². The molecule has 2 rings (SSSR count). The van der Waals surface area contributed by atoms with Gasteiger partial charge < -0.3 is 10.8 Å². The summed E-state index contributed by atoms with van der Waals surface area (Å²) in [5, 5.41) is 9.69. The molecule has 0 spiro atoms. The molecule has 1 fully saturated rings. The van der Waals surface area contributed by atoms with Gasteiger partial charge in [-0.3, -0.25) is 9.69 Å². The van der Waals surface area contributed by atoms with Gasteiger partial charge in [-0.15, -0.1) is 0 Å². The molecule has 0 aliphatic carbocycles. The van der Waals surface area contributed by atoms with Crippen LogP contribution < -0.4 is 5.73 Å². The Kier molecular flexibility index (Phi) is 3.14. The van der Waals surface area contributed by atoms with Crippen molar-refractivity contribution in [3.63, 3.8) is 0 Å². The van der Waals surface area contributed by atoms with Crippen molar-refractivity contribution in [1.29, 1.82) is 0 Å². The van der Waals surface area contributed by atoms with Crippen molar-refractivity contribution >= 4 is 17.5 Å². The van der Waals surface area contributed by atoms with E-state index in [1.807, 2.05) is 0 Å². The maximum atomic E-state index is 10.9. The molecule has 0 radical (unpaired) electrons. The van der Waals surface area contributed by atoms with E-state index in [-0.39, 0.29) is 6.10 Å². The summed E-state index contributed by atoms with van der Waals surface area (Å²) in [4.78, 5) is 13.0. The maximum Gasteiger partial charge on any atom is 0.248 e. The lowest BCUT2D eigenvalue weighted by atomic mass is 10.1. The fourth-order valence-electron chi connectivity index (χ4n) is 1.74. The standard InChI is InChI=1S/C11H13ClN2O2/c12-10-3-7(11(13)16)1-2-8(10)4-14-5-9(15)6-14/h1-3,9,15H,4-6H2,(H2,13,16). The summed E-state index contributed by atoms with van der Waals surface area (Å²) in [6.07, 6.45) is -0.219. The first kappa shape index (κ1) is 11.4. The molecule has 1 amide bonds. The Morgan fingerprint density at radius 1 is 1.56 bits per heavy atom. The SMILES string of the molecule is NC(=O)c1ccc(CN2CC(O)C2)c(Cl)c1. The molecule has 1 heterocycles. The van der Waals surface area contributed by atoms with Gasteiger partial charge in [0.1, 0.15) is 0 Å². The van der Waals surface area contributed by atoms with Crippen LogP contribution in [0.25, 0.3) is 0 Å². The minimum atomic E-state index is -0.479. The molecule has 0 bridgehead atoms. The Labute approximate surface area is 98.6 Å². The second kappa shape index (κ2) is 4.41. The number of likely N-dealkylation sites (tertiary alicyclic amines) is 1. The summed E-state index contributed by atoms with van der Waals surface area (Å²) in [5.41, 5.74) is 6.51. The highest BCUT2D eigenvalue weighted by atomic mass is 35.5. The number of nitrogens with two attached hydrogens (primary N) is 1. The van der Waals surface area contributed by atoms with Gasteiger partial charge in [-0.25, -0.2) is 0 Å². The van der Waals surface area contributed by atoms with Gasteiger partial charge in [0, 0.05) is 30.2 Å². The Morgan fingerprint density at radius 3 is 2.75 bits per heavy atom. The summed E-state index contributed by atoms with van der Waals surface area (Å²) < 4.78 is 0. The van der Waals surface area contributed by atoms with Crippen molar-refractivity contribution in [2.45, 2.75) is 12.6 Å². The summed E-state index contributed by atoms with van der Waals surface area (Å²) in [7, 11) is 0. The van der Waals surface area contributed by atoms with E-state index in [1.165, 1.54) is 0 Å². The smallest absolute Gasteiger partial charge is 0.248 e. The molecular weight excluding hydrogens is 228 g/mol. The summed E-state index contributed by atoms with van der Waals surface area (Å²) >= 11 is 6.04. The van der Waals surface area contributed by atoms with Gasteiger partial charge in [0.15, 0.2) is 0 Å². The van der Waals surface area contributed by atoms with Crippen LogP contribution in [0.15, 0.2) is 18.2 Å². The number of nitrogens with zero attached hydrogens (tertiary/aromatic N) is 1. The molecule has 0 unspecified atom stereocenters. The number of aliphatic hydroxyl groups excluding tert-OH is 1. The van der Waals surface area contributed by atoms with Crippen LogP contribution >= 0.6 is 11.6 Å². The fourth-order valence-corrected chi connectivity index (χ4v) is 1.98. The number of hydrogen-bond acceptors (Lipinski definition) is 3. The number of hydrogen-bond donors (Lipinski definition) is 2. The molecule has 1 saturated heterocycles. The highest BCUT2D eigenvalue weighted by Gasteiger charge is 2.24. The maximum absolute atomic E-state index is 10.9. The molecule has 0 atom stereocenters. The van der Waals surface area contributed by atoms with Gasteiger partial charge in [0.05, 0.1) is 6.10 Å². The number of carbonyl (C=O) groups excluding carboxylic acids is 1. The Bertz CT molecular complexity index is 416. The summed E-state index contributed by atoms with van der Waals surface area (Å²) in [5.74, 6) is -0.479. The van der Waals surface area contributed by atoms with Crippen molar-refractivity contribution in [3.8, 4) is 0 Å². The van der Waals surface area contributed by atoms with E-state index in [9.17, 15) is 4.79 Å². The molecule has 0 aromatic heterocycles. The van der Waals surface area contributed by atoms with Gasteiger partial charge in [-0.2, -0.15) is 0 Å². The third-order valence-corrected chi connectivity index (χ3v) is 3.02. The lowest BCUT2D eigenvalue weighted by Crippen LogP contribution is -2.49. The Hall–Kier alpha value is -1.10. The Morgan fingerprint density at radius 2 is 2.25 bits per heavy atom. The van der Waals surface area contributed by atoms with E-state index in [2.05, 4.69) is 4.90 Å². The van der Waals surface area contributed by atoms with Crippen molar-refractivity contribution < 1.29 is 9.90 Å². The van der Waals surface area contributed by atoms with Crippen LogP contribution in [-0.2, 0) is 6.54 Å². The molecule has 0 saturated carbocycles. The highest BCUT2D eigenvalue weighted by Crippen LogP contribution is 2.21. The second-order valence-corrected chi connectivity index (χ2v) is 4.43. The van der Waals surface area contributed by atoms with Crippen LogP contribution in [-0.4, -0.2) is 35.1 Å². The van der Waals surface area contributed by atoms with Crippen molar-refractivity contribution in [1.82, 2.24) is 4.90 Å². The summed E-state index contributed by atoms with van der Waals surface area (Å²) in [6.45, 7) is 2.04. The number of halogens is 1. The zero-order valence-corrected chi connectivity index (χ0v) is 9.44. The molecule has 1 aromatic rings. The van der Waals surface area contributed by atoms with Crippen LogP contribution in [0.1, 0.15) is 15.9 Å². The van der Waals surface area contributed by atoms with Gasteiger partial charge in [0.25, 0.3) is 0 Å². The second-order valence-electron chi connectivity index (χ2n) is 4.02. The zero-order valence-electron chi connectivity index (χ0n) is 8.69. The first-order valence-corrected chi connectivity index (χ1v) is 5.42. The number of carbonyl (C=O) groups is 1. The van der Waals surface area contributed by atoms with Gasteiger partial charge in [-0.1, -0.05) is 17.7 Å². The number of primary amides is 1. The predicted octanol–water partition coefficient (Wildman–Crippen LogP) is 0.615. The average molecular weight is 241 g/mol. The molecule has 4 nitrogen and oxygen atoms in total. The van der Waals surface area contributed by atoms with Crippen molar-refractivity contribution in [3.05, 3.63) is 34.3 Å². The van der Waals surface area contributed by atoms with Gasteiger partial charge >= 0.3 is 0 Å². The van der Waals surface area contributed by atoms with Crippen molar-refractivity contribution in [2.24, 2.45) is 5.73 Å². The van der Waals surface area contributed by atoms with Crippen molar-refractivity contribution in [2.75, 3.05) is 13.1 Å². The molecule has 1 aliphatic heterocycles. The topological polar surface area (TPSA) is 66.6 Å². The minimum absolute atomic E-state index is 0.219. The molecule has 1 aliphatic rings. The number of aliphatic hydroxyl groups is 1. The average Bonchev–Trinajstić information content (AvgIpc) is 2.18. The lowest BCUT2D eigenvalue weighted by Gasteiger charge is -2.36. The number of amides is 1. The molecule has 1 aromatic carbocycles. The molecule has 86 valence electrons. The van der Waals surface area contributed by atoms with Crippen LogP contribution in [0.2, 0.25) is 5.02 Å². The minimum Gasteiger partial charge on any atom is -0.390 e. The van der Waals surface area contributed by atoms with E-state index in [0.29, 0.717) is 30.2 Å². The van der Waals surface area contributed by atoms with Crippen LogP contribution in [0, 0.1) is 0 Å². The fraction of sp³-hybridized carbons (Fsp3) is 0.364. The number of benzene rings is 1. The van der Waals surface area contributed by atoms with E-state index >= 15 is 0 Å². The Balaban J connectivity index is 2.07. The third-order valence-electron chi connectivity index (χ3n) is 2.67. The van der Waals surface area contributed by atoms with E-state index in [1.54, 1.807) is 18.2 Å². The first-order chi connectivity index (χ1) is 7.56. The number of β-amino-alcohol motifs (C(OH)–C–C–N with tert-alkyl or cyclic N) is 1. The highest BCUT2D eigenvalue weighted by molar-refractivity contribution is 6.31. The van der Waals surface area contributed by atoms with E-state index in [0.717, 1.165) is 5.56 Å². The van der Waals surface area contributed by atoms with Crippen LogP contribution in [0.3, 0.4) is 0 Å². The summed E-state index contributed by atoms with van der Waals surface area (Å²) in [6, 6.07) is 5.04. The monoisotopic (exact) mass is 240 g/mol. The largest absolute Gasteiger partial charge is 0.390 e. The third kappa shape index (κ3) is 2.35. The normalized spacial score (nSPS) is 17.1. The van der Waals surface area contributed by atoms with Crippen LogP contribution in [0.5, 0.6) is 0 Å². The predicted molar refractivity (Wildman–Crippen MR) is 61.3 cm³/mol. The zero-order chi connectivity index (χ0) is 11.7. The molecule has 5 heteroatoms. The van der Waals surface area contributed by atoms with Gasteiger partial charge in [0.2, 0.25) is 5.91 Å². The van der Waals surface area contributed by atoms with E-state index < -0.39 is 5.91 Å². The number of rotatable bonds is 3. The lowest BCUT2D eigenvalue weighted by molar-refractivity contribution is -0.00285.